The first-order valence-corrected chi connectivity index (χ1v) is 5.52. The van der Waals surface area contributed by atoms with Crippen LogP contribution in [0.2, 0.25) is 0 Å². The molecule has 0 saturated heterocycles. The first-order chi connectivity index (χ1) is 5.47. The molecule has 7 heteroatoms. The Bertz CT molecular complexity index is 361. The zero-order valence-corrected chi connectivity index (χ0v) is 8.83. The maximum absolute atomic E-state index is 10.5. The van der Waals surface area contributed by atoms with Crippen LogP contribution in [0.25, 0.3) is 0 Å². The van der Waals surface area contributed by atoms with Gasteiger partial charge >= 0.3 is 0 Å². The molecule has 1 aromatic rings. The molecule has 1 rings (SSSR count). The Balaban J connectivity index is 2.85. The fraction of sp³-hybridized carbons (Fsp3) is 0. The van der Waals surface area contributed by atoms with Gasteiger partial charge in [0.1, 0.15) is 5.82 Å². The first kappa shape index (κ1) is 9.68. The zero-order chi connectivity index (χ0) is 9.19. The topological polar surface area (TPSA) is 85.1 Å². The van der Waals surface area contributed by atoms with Gasteiger partial charge in [0.25, 0.3) is 10.2 Å². The number of nitrogens with zero attached hydrogens (tertiary/aromatic N) is 1. The molecule has 1 aromatic heterocycles. The summed E-state index contributed by atoms with van der Waals surface area (Å²) in [5.74, 6) is 0.220. The summed E-state index contributed by atoms with van der Waals surface area (Å²) in [7, 11) is -3.70. The molecule has 66 valence electrons. The second-order valence-corrected chi connectivity index (χ2v) is 4.55. The zero-order valence-electron chi connectivity index (χ0n) is 5.86. The van der Waals surface area contributed by atoms with Crippen molar-refractivity contribution in [1.82, 2.24) is 4.98 Å². The fourth-order valence-corrected chi connectivity index (χ4v) is 1.31. The highest BCUT2D eigenvalue weighted by Crippen LogP contribution is 2.07. The smallest absolute Gasteiger partial charge is 0.255 e. The highest BCUT2D eigenvalue weighted by atomic mass is 127. The highest BCUT2D eigenvalue weighted by molar-refractivity contribution is 14.1. The summed E-state index contributed by atoms with van der Waals surface area (Å²) in [6.07, 6.45) is 1.54. The molecule has 1 heterocycles. The van der Waals surface area contributed by atoms with E-state index in [1.807, 2.05) is 4.72 Å². The first-order valence-electron chi connectivity index (χ1n) is 2.89. The molecule has 0 aliphatic heterocycles. The van der Waals surface area contributed by atoms with Crippen LogP contribution in [0.3, 0.4) is 0 Å². The normalized spacial score (nSPS) is 11.2. The molecule has 0 bridgehead atoms. The van der Waals surface area contributed by atoms with Crippen LogP contribution in [-0.4, -0.2) is 13.4 Å². The number of nitrogens with two attached hydrogens (primary N) is 1. The van der Waals surface area contributed by atoms with Crippen molar-refractivity contribution in [3.63, 3.8) is 0 Å². The Morgan fingerprint density at radius 1 is 1.50 bits per heavy atom. The van der Waals surface area contributed by atoms with Crippen molar-refractivity contribution in [2.45, 2.75) is 0 Å². The molecule has 0 saturated carbocycles. The molecule has 0 atom stereocenters. The van der Waals surface area contributed by atoms with Gasteiger partial charge in [-0.3, -0.25) is 4.72 Å². The van der Waals surface area contributed by atoms with Gasteiger partial charge in [-0.25, -0.2) is 10.1 Å². The highest BCUT2D eigenvalue weighted by Gasteiger charge is 2.01. The Labute approximate surface area is 83.7 Å². The minimum atomic E-state index is -3.70. The van der Waals surface area contributed by atoms with E-state index in [-0.39, 0.29) is 5.82 Å². The lowest BCUT2D eigenvalue weighted by atomic mass is 10.5. The average molecular weight is 299 g/mol. The van der Waals surface area contributed by atoms with Gasteiger partial charge in [-0.2, -0.15) is 8.42 Å². The van der Waals surface area contributed by atoms with Gasteiger partial charge in [-0.15, -0.1) is 0 Å². The molecule has 5 nitrogen and oxygen atoms in total. The Morgan fingerprint density at radius 3 is 2.58 bits per heavy atom. The van der Waals surface area contributed by atoms with Gasteiger partial charge in [0, 0.05) is 9.77 Å². The molecule has 0 spiro atoms. The Hall–Kier alpha value is -0.410. The minimum Gasteiger partial charge on any atom is -0.255 e. The lowest BCUT2D eigenvalue weighted by Crippen LogP contribution is -2.22. The second kappa shape index (κ2) is 3.54. The fourth-order valence-electron chi connectivity index (χ4n) is 0.582. The predicted octanol–water partition coefficient (Wildman–Crippen LogP) is 0.302. The lowest BCUT2D eigenvalue weighted by Gasteiger charge is -2.00. The molecule has 0 unspecified atom stereocenters. The van der Waals surface area contributed by atoms with Gasteiger partial charge in [0.2, 0.25) is 0 Å². The van der Waals surface area contributed by atoms with Crippen LogP contribution in [0, 0.1) is 3.57 Å². The monoisotopic (exact) mass is 299 g/mol. The van der Waals surface area contributed by atoms with Crippen LogP contribution >= 0.6 is 22.6 Å². The van der Waals surface area contributed by atoms with Crippen molar-refractivity contribution in [3.05, 3.63) is 21.9 Å². The van der Waals surface area contributed by atoms with E-state index in [2.05, 4.69) is 27.6 Å². The van der Waals surface area contributed by atoms with E-state index in [9.17, 15) is 8.42 Å². The molecular weight excluding hydrogens is 293 g/mol. The van der Waals surface area contributed by atoms with Crippen LogP contribution in [0.15, 0.2) is 18.3 Å². The van der Waals surface area contributed by atoms with Gasteiger partial charge < -0.3 is 0 Å². The number of pyridine rings is 1. The lowest BCUT2D eigenvalue weighted by molar-refractivity contribution is 0.602. The van der Waals surface area contributed by atoms with Crippen molar-refractivity contribution in [1.29, 1.82) is 0 Å². The van der Waals surface area contributed by atoms with E-state index in [4.69, 9.17) is 5.14 Å². The summed E-state index contributed by atoms with van der Waals surface area (Å²) >= 11 is 2.06. The molecular formula is C5H6IN3O2S. The molecule has 12 heavy (non-hydrogen) atoms. The quantitative estimate of drug-likeness (QED) is 0.770. The number of nitrogens with one attached hydrogen (secondary N) is 1. The third-order valence-electron chi connectivity index (χ3n) is 0.974. The third kappa shape index (κ3) is 3.32. The van der Waals surface area contributed by atoms with E-state index >= 15 is 0 Å². The number of hydrogen-bond donors (Lipinski definition) is 2. The van der Waals surface area contributed by atoms with E-state index in [0.717, 1.165) is 3.57 Å². The molecule has 3 N–H and O–H groups in total. The number of anilines is 1. The van der Waals surface area contributed by atoms with Crippen molar-refractivity contribution >= 4 is 38.6 Å². The number of aromatic nitrogens is 1. The SMILES string of the molecule is NS(=O)(=O)Nc1ccc(I)cn1. The maximum atomic E-state index is 10.5. The summed E-state index contributed by atoms with van der Waals surface area (Å²) in [5.41, 5.74) is 0. The van der Waals surface area contributed by atoms with Crippen LogP contribution in [-0.2, 0) is 10.2 Å². The van der Waals surface area contributed by atoms with Crippen molar-refractivity contribution in [3.8, 4) is 0 Å². The summed E-state index contributed by atoms with van der Waals surface area (Å²) in [6.45, 7) is 0. The number of rotatable bonds is 2. The van der Waals surface area contributed by atoms with Gasteiger partial charge in [0.05, 0.1) is 0 Å². The Kier molecular flexibility index (Phi) is 2.85. The molecule has 0 aromatic carbocycles. The number of halogens is 1. The van der Waals surface area contributed by atoms with Crippen LogP contribution in [0.5, 0.6) is 0 Å². The van der Waals surface area contributed by atoms with Crippen LogP contribution < -0.4 is 9.86 Å². The Morgan fingerprint density at radius 2 is 2.17 bits per heavy atom. The maximum Gasteiger partial charge on any atom is 0.297 e. The van der Waals surface area contributed by atoms with E-state index in [1.54, 1.807) is 6.07 Å². The molecule has 0 amide bonds. The summed E-state index contributed by atoms with van der Waals surface area (Å²) in [6, 6.07) is 3.26. The van der Waals surface area contributed by atoms with E-state index in [1.165, 1.54) is 12.3 Å². The van der Waals surface area contributed by atoms with Crippen molar-refractivity contribution in [2.75, 3.05) is 4.72 Å². The van der Waals surface area contributed by atoms with Crippen molar-refractivity contribution in [2.24, 2.45) is 5.14 Å². The van der Waals surface area contributed by atoms with Crippen molar-refractivity contribution < 1.29 is 8.42 Å². The van der Waals surface area contributed by atoms with E-state index < -0.39 is 10.2 Å². The molecule has 0 radical (unpaired) electrons. The average Bonchev–Trinajstić information content (AvgIpc) is 1.91. The summed E-state index contributed by atoms with van der Waals surface area (Å²) in [4.78, 5) is 3.79. The molecule has 0 fully saturated rings. The van der Waals surface area contributed by atoms with Gasteiger partial charge in [0.15, 0.2) is 0 Å². The standard InChI is InChI=1S/C5H6IN3O2S/c6-4-1-2-5(8-3-4)9-12(7,10)11/h1-3H,(H,8,9)(H2,7,10,11). The summed E-state index contributed by atoms with van der Waals surface area (Å²) < 4.78 is 24.0. The largest absolute Gasteiger partial charge is 0.297 e. The van der Waals surface area contributed by atoms with Gasteiger partial charge in [-0.1, -0.05) is 0 Å². The minimum absolute atomic E-state index is 0.220. The van der Waals surface area contributed by atoms with Gasteiger partial charge in [-0.05, 0) is 34.7 Å². The van der Waals surface area contributed by atoms with Crippen LogP contribution in [0.4, 0.5) is 5.82 Å². The molecule has 0 aliphatic carbocycles. The second-order valence-electron chi connectivity index (χ2n) is 2.01. The van der Waals surface area contributed by atoms with Crippen LogP contribution in [0.1, 0.15) is 0 Å². The predicted molar refractivity (Wildman–Crippen MR) is 53.7 cm³/mol. The molecule has 0 aliphatic rings. The van der Waals surface area contributed by atoms with E-state index in [0.29, 0.717) is 0 Å². The number of hydrogen-bond acceptors (Lipinski definition) is 3. The third-order valence-corrected chi connectivity index (χ3v) is 2.11. The summed E-state index contributed by atoms with van der Waals surface area (Å²) in [5, 5.41) is 4.72.